The topological polar surface area (TPSA) is 74.3 Å². The Hall–Kier alpha value is -2.64. The SMILES string of the molecule is CC(=NOCc1c(C)cccc1-n1nnn(C)c1=O)c1ccc(Cl)c(Cl)c1. The highest BCUT2D eigenvalue weighted by molar-refractivity contribution is 6.42. The molecule has 0 radical (unpaired) electrons. The second-order valence-electron chi connectivity index (χ2n) is 5.95. The van der Waals surface area contributed by atoms with Crippen LogP contribution in [0.4, 0.5) is 0 Å². The largest absolute Gasteiger partial charge is 0.391 e. The highest BCUT2D eigenvalue weighted by Crippen LogP contribution is 2.23. The monoisotopic (exact) mass is 405 g/mol. The van der Waals surface area contributed by atoms with Crippen molar-refractivity contribution < 1.29 is 4.84 Å². The molecule has 0 aliphatic rings. The molecule has 140 valence electrons. The summed E-state index contributed by atoms with van der Waals surface area (Å²) in [7, 11) is 1.54. The van der Waals surface area contributed by atoms with Gasteiger partial charge in [-0.2, -0.15) is 9.36 Å². The summed E-state index contributed by atoms with van der Waals surface area (Å²) >= 11 is 12.0. The summed E-state index contributed by atoms with van der Waals surface area (Å²) in [6.07, 6.45) is 0. The van der Waals surface area contributed by atoms with E-state index in [2.05, 4.69) is 15.6 Å². The average Bonchev–Trinajstić information content (AvgIpc) is 2.97. The quantitative estimate of drug-likeness (QED) is 0.480. The van der Waals surface area contributed by atoms with Crippen LogP contribution in [0.15, 0.2) is 46.3 Å². The van der Waals surface area contributed by atoms with E-state index < -0.39 is 0 Å². The lowest BCUT2D eigenvalue weighted by molar-refractivity contribution is 0.130. The zero-order valence-corrected chi connectivity index (χ0v) is 16.5. The van der Waals surface area contributed by atoms with Gasteiger partial charge in [-0.15, -0.1) is 0 Å². The molecule has 0 bridgehead atoms. The van der Waals surface area contributed by atoms with Crippen LogP contribution < -0.4 is 5.69 Å². The molecular formula is C18H17Cl2N5O2. The number of hydrogen-bond acceptors (Lipinski definition) is 5. The zero-order chi connectivity index (χ0) is 19.6. The number of halogens is 2. The molecule has 0 unspecified atom stereocenters. The third kappa shape index (κ3) is 4.04. The standard InChI is InChI=1S/C18H17Cl2N5O2/c1-11-5-4-6-17(25-18(26)24(3)22-23-25)14(11)10-27-21-12(2)13-7-8-15(19)16(20)9-13/h4-9H,10H2,1-3H3. The van der Waals surface area contributed by atoms with Gasteiger partial charge in [0.05, 0.1) is 21.4 Å². The number of tetrazole rings is 1. The Bertz CT molecular complexity index is 1070. The molecule has 0 spiro atoms. The van der Waals surface area contributed by atoms with Crippen molar-refractivity contribution in [3.8, 4) is 5.69 Å². The van der Waals surface area contributed by atoms with E-state index in [1.165, 1.54) is 9.36 Å². The number of aryl methyl sites for hydroxylation is 2. The summed E-state index contributed by atoms with van der Waals surface area (Å²) in [5.74, 6) is 0. The first-order valence-electron chi connectivity index (χ1n) is 8.08. The maximum Gasteiger partial charge on any atom is 0.368 e. The lowest BCUT2D eigenvalue weighted by Crippen LogP contribution is -2.23. The molecule has 0 saturated carbocycles. The lowest BCUT2D eigenvalue weighted by atomic mass is 10.1. The Morgan fingerprint density at radius 3 is 2.63 bits per heavy atom. The molecule has 2 aromatic carbocycles. The molecule has 0 fully saturated rings. The van der Waals surface area contributed by atoms with Crippen molar-refractivity contribution in [2.24, 2.45) is 12.2 Å². The van der Waals surface area contributed by atoms with Gasteiger partial charge in [0.25, 0.3) is 0 Å². The predicted octanol–water partition coefficient (Wildman–Crippen LogP) is 3.52. The minimum Gasteiger partial charge on any atom is -0.391 e. The molecule has 3 rings (SSSR count). The van der Waals surface area contributed by atoms with Crippen LogP contribution in [0, 0.1) is 6.92 Å². The fourth-order valence-electron chi connectivity index (χ4n) is 2.51. The highest BCUT2D eigenvalue weighted by atomic mass is 35.5. The van der Waals surface area contributed by atoms with Crippen LogP contribution in [0.1, 0.15) is 23.6 Å². The van der Waals surface area contributed by atoms with Crippen molar-refractivity contribution in [2.45, 2.75) is 20.5 Å². The van der Waals surface area contributed by atoms with E-state index >= 15 is 0 Å². The van der Waals surface area contributed by atoms with E-state index in [0.717, 1.165) is 16.7 Å². The van der Waals surface area contributed by atoms with Gasteiger partial charge in [-0.05, 0) is 48.0 Å². The minimum absolute atomic E-state index is 0.170. The Kier molecular flexibility index (Phi) is 5.62. The van der Waals surface area contributed by atoms with E-state index in [-0.39, 0.29) is 12.3 Å². The van der Waals surface area contributed by atoms with Gasteiger partial charge >= 0.3 is 5.69 Å². The Morgan fingerprint density at radius 1 is 1.19 bits per heavy atom. The van der Waals surface area contributed by atoms with Gasteiger partial charge in [0.15, 0.2) is 0 Å². The van der Waals surface area contributed by atoms with Gasteiger partial charge in [0.2, 0.25) is 0 Å². The van der Waals surface area contributed by atoms with Crippen LogP contribution in [-0.2, 0) is 18.5 Å². The predicted molar refractivity (Wildman–Crippen MR) is 105 cm³/mol. The minimum atomic E-state index is -0.336. The van der Waals surface area contributed by atoms with E-state index in [4.69, 9.17) is 28.0 Å². The third-order valence-electron chi connectivity index (χ3n) is 4.08. The summed E-state index contributed by atoms with van der Waals surface area (Å²) in [5.41, 5.74) is 3.48. The van der Waals surface area contributed by atoms with Crippen LogP contribution >= 0.6 is 23.2 Å². The molecule has 0 N–H and O–H groups in total. The molecule has 3 aromatic rings. The molecule has 9 heteroatoms. The molecular weight excluding hydrogens is 389 g/mol. The van der Waals surface area contributed by atoms with Crippen LogP contribution in [0.25, 0.3) is 5.69 Å². The molecule has 7 nitrogen and oxygen atoms in total. The first kappa shape index (κ1) is 19.1. The Morgan fingerprint density at radius 2 is 1.96 bits per heavy atom. The van der Waals surface area contributed by atoms with Gasteiger partial charge in [-0.25, -0.2) is 4.79 Å². The maximum absolute atomic E-state index is 12.2. The van der Waals surface area contributed by atoms with E-state index in [0.29, 0.717) is 21.4 Å². The molecule has 27 heavy (non-hydrogen) atoms. The van der Waals surface area contributed by atoms with Gasteiger partial charge in [-0.3, -0.25) is 0 Å². The summed E-state index contributed by atoms with van der Waals surface area (Å²) in [5, 5.41) is 12.7. The summed E-state index contributed by atoms with van der Waals surface area (Å²) < 4.78 is 2.40. The van der Waals surface area contributed by atoms with Crippen molar-refractivity contribution in [1.82, 2.24) is 19.8 Å². The van der Waals surface area contributed by atoms with Crippen molar-refractivity contribution in [2.75, 3.05) is 0 Å². The van der Waals surface area contributed by atoms with Crippen molar-refractivity contribution >= 4 is 28.9 Å². The number of rotatable bonds is 5. The first-order valence-corrected chi connectivity index (χ1v) is 8.84. The van der Waals surface area contributed by atoms with Gasteiger partial charge < -0.3 is 4.84 Å². The molecule has 0 amide bonds. The molecule has 1 aromatic heterocycles. The Balaban J connectivity index is 1.85. The second kappa shape index (κ2) is 7.94. The van der Waals surface area contributed by atoms with E-state index in [9.17, 15) is 4.79 Å². The second-order valence-corrected chi connectivity index (χ2v) is 6.76. The van der Waals surface area contributed by atoms with Crippen molar-refractivity contribution in [3.63, 3.8) is 0 Å². The molecule has 1 heterocycles. The number of benzene rings is 2. The van der Waals surface area contributed by atoms with Gasteiger partial charge in [0, 0.05) is 18.2 Å². The maximum atomic E-state index is 12.2. The molecule has 0 aliphatic heterocycles. The van der Waals surface area contributed by atoms with Crippen LogP contribution in [0.5, 0.6) is 0 Å². The number of oxime groups is 1. The summed E-state index contributed by atoms with van der Waals surface area (Å²) in [4.78, 5) is 17.7. The van der Waals surface area contributed by atoms with E-state index in [1.807, 2.05) is 32.0 Å². The average molecular weight is 406 g/mol. The summed E-state index contributed by atoms with van der Waals surface area (Å²) in [6, 6.07) is 10.8. The van der Waals surface area contributed by atoms with Gasteiger partial charge in [-0.1, -0.05) is 46.6 Å². The third-order valence-corrected chi connectivity index (χ3v) is 4.82. The normalized spacial score (nSPS) is 11.7. The number of aromatic nitrogens is 4. The van der Waals surface area contributed by atoms with Crippen LogP contribution in [-0.4, -0.2) is 25.5 Å². The smallest absolute Gasteiger partial charge is 0.368 e. The van der Waals surface area contributed by atoms with Crippen LogP contribution in [0.3, 0.4) is 0 Å². The Labute approximate surface area is 165 Å². The van der Waals surface area contributed by atoms with Crippen molar-refractivity contribution in [3.05, 3.63) is 73.6 Å². The molecule has 0 aliphatic carbocycles. The molecule has 0 saturated heterocycles. The van der Waals surface area contributed by atoms with Gasteiger partial charge in [0.1, 0.15) is 6.61 Å². The number of nitrogens with zero attached hydrogens (tertiary/aromatic N) is 5. The number of hydrogen-bond donors (Lipinski definition) is 0. The molecule has 0 atom stereocenters. The van der Waals surface area contributed by atoms with E-state index in [1.54, 1.807) is 25.2 Å². The first-order chi connectivity index (χ1) is 12.9. The fraction of sp³-hybridized carbons (Fsp3) is 0.222. The lowest BCUT2D eigenvalue weighted by Gasteiger charge is -2.11. The fourth-order valence-corrected chi connectivity index (χ4v) is 2.80. The highest BCUT2D eigenvalue weighted by Gasteiger charge is 2.13. The zero-order valence-electron chi connectivity index (χ0n) is 15.0. The van der Waals surface area contributed by atoms with Crippen LogP contribution in [0.2, 0.25) is 10.0 Å². The van der Waals surface area contributed by atoms with Crippen molar-refractivity contribution in [1.29, 1.82) is 0 Å². The summed E-state index contributed by atoms with van der Waals surface area (Å²) in [6.45, 7) is 3.91.